The maximum atomic E-state index is 12.6. The van der Waals surface area contributed by atoms with Crippen LogP contribution in [0.4, 0.5) is 16.2 Å². The number of hydrogen-bond donors (Lipinski definition) is 1. The van der Waals surface area contributed by atoms with Gasteiger partial charge in [0.1, 0.15) is 0 Å². The number of anilines is 1. The molecule has 0 spiro atoms. The standard InChI is InChI=1S/C19H20N4O4/c1-14-13-21(18(24)15-5-3-2-4-6-15)11-12-22(14)19(25)20-16-7-9-17(10-8-16)23(26)27/h2-10,14H,11-13H2,1H3,(H,20,25). The first-order valence-corrected chi connectivity index (χ1v) is 8.62. The number of nitrogens with one attached hydrogen (secondary N) is 1. The first kappa shape index (κ1) is 18.4. The van der Waals surface area contributed by atoms with Crippen molar-refractivity contribution < 1.29 is 14.5 Å². The molecule has 1 heterocycles. The Bertz CT molecular complexity index is 839. The van der Waals surface area contributed by atoms with Gasteiger partial charge in [-0.1, -0.05) is 18.2 Å². The topological polar surface area (TPSA) is 95.8 Å². The van der Waals surface area contributed by atoms with Crippen molar-refractivity contribution in [2.45, 2.75) is 13.0 Å². The van der Waals surface area contributed by atoms with Crippen LogP contribution in [-0.2, 0) is 0 Å². The molecule has 1 aliphatic heterocycles. The minimum absolute atomic E-state index is 0.0330. The maximum Gasteiger partial charge on any atom is 0.322 e. The van der Waals surface area contributed by atoms with Crippen molar-refractivity contribution in [2.75, 3.05) is 25.0 Å². The van der Waals surface area contributed by atoms with Gasteiger partial charge >= 0.3 is 6.03 Å². The number of nitrogens with zero attached hydrogens (tertiary/aromatic N) is 3. The molecule has 1 aliphatic rings. The van der Waals surface area contributed by atoms with Gasteiger partial charge in [-0.25, -0.2) is 4.79 Å². The number of urea groups is 1. The van der Waals surface area contributed by atoms with Gasteiger partial charge < -0.3 is 15.1 Å². The van der Waals surface area contributed by atoms with E-state index in [0.29, 0.717) is 30.9 Å². The van der Waals surface area contributed by atoms with Crippen molar-refractivity contribution in [3.8, 4) is 0 Å². The van der Waals surface area contributed by atoms with E-state index < -0.39 is 4.92 Å². The maximum absolute atomic E-state index is 12.6. The number of rotatable bonds is 3. The lowest BCUT2D eigenvalue weighted by atomic mass is 10.1. The van der Waals surface area contributed by atoms with Gasteiger partial charge in [-0.2, -0.15) is 0 Å². The lowest BCUT2D eigenvalue weighted by Gasteiger charge is -2.39. The second-order valence-electron chi connectivity index (χ2n) is 6.39. The summed E-state index contributed by atoms with van der Waals surface area (Å²) in [6.45, 7) is 3.20. The Hall–Kier alpha value is -3.42. The van der Waals surface area contributed by atoms with Gasteiger partial charge in [-0.15, -0.1) is 0 Å². The summed E-state index contributed by atoms with van der Waals surface area (Å²) in [6, 6.07) is 14.3. The van der Waals surface area contributed by atoms with Crippen LogP contribution in [0.1, 0.15) is 17.3 Å². The smallest absolute Gasteiger partial charge is 0.322 e. The Kier molecular flexibility index (Phi) is 5.35. The molecule has 1 saturated heterocycles. The van der Waals surface area contributed by atoms with E-state index in [1.807, 2.05) is 25.1 Å². The quantitative estimate of drug-likeness (QED) is 0.665. The number of non-ortho nitro benzene ring substituents is 1. The van der Waals surface area contributed by atoms with Gasteiger partial charge in [0.2, 0.25) is 0 Å². The molecule has 3 rings (SSSR count). The molecule has 0 aliphatic carbocycles. The summed E-state index contributed by atoms with van der Waals surface area (Å²) in [7, 11) is 0. The number of nitro groups is 1. The van der Waals surface area contributed by atoms with Crippen LogP contribution in [0.3, 0.4) is 0 Å². The van der Waals surface area contributed by atoms with Crippen LogP contribution in [0.5, 0.6) is 0 Å². The van der Waals surface area contributed by atoms with E-state index in [2.05, 4.69) is 5.32 Å². The first-order valence-electron chi connectivity index (χ1n) is 8.62. The van der Waals surface area contributed by atoms with E-state index in [0.717, 1.165) is 0 Å². The highest BCUT2D eigenvalue weighted by atomic mass is 16.6. The normalized spacial score (nSPS) is 16.7. The largest absolute Gasteiger partial charge is 0.335 e. The van der Waals surface area contributed by atoms with Gasteiger partial charge in [0.25, 0.3) is 11.6 Å². The van der Waals surface area contributed by atoms with Crippen molar-refractivity contribution in [1.82, 2.24) is 9.80 Å². The molecular weight excluding hydrogens is 348 g/mol. The van der Waals surface area contributed by atoms with Crippen LogP contribution in [0.2, 0.25) is 0 Å². The van der Waals surface area contributed by atoms with Gasteiger partial charge in [-0.05, 0) is 31.2 Å². The third kappa shape index (κ3) is 4.22. The highest BCUT2D eigenvalue weighted by molar-refractivity contribution is 5.94. The van der Waals surface area contributed by atoms with Gasteiger partial charge in [0.15, 0.2) is 0 Å². The summed E-state index contributed by atoms with van der Waals surface area (Å²) in [5.74, 6) is -0.0436. The Balaban J connectivity index is 1.59. The zero-order valence-corrected chi connectivity index (χ0v) is 14.9. The Morgan fingerprint density at radius 2 is 1.74 bits per heavy atom. The van der Waals surface area contributed by atoms with E-state index in [1.165, 1.54) is 24.3 Å². The summed E-state index contributed by atoms with van der Waals surface area (Å²) < 4.78 is 0. The zero-order valence-electron chi connectivity index (χ0n) is 14.9. The number of piperazine rings is 1. The Morgan fingerprint density at radius 3 is 2.33 bits per heavy atom. The zero-order chi connectivity index (χ0) is 19.4. The number of benzene rings is 2. The summed E-state index contributed by atoms with van der Waals surface area (Å²) in [5.41, 5.74) is 1.09. The molecular formula is C19H20N4O4. The van der Waals surface area contributed by atoms with Crippen LogP contribution in [-0.4, -0.2) is 52.3 Å². The number of amides is 3. The average molecular weight is 368 g/mol. The highest BCUT2D eigenvalue weighted by Crippen LogP contribution is 2.18. The fraction of sp³-hybridized carbons (Fsp3) is 0.263. The third-order valence-corrected chi connectivity index (χ3v) is 4.53. The van der Waals surface area contributed by atoms with Crippen molar-refractivity contribution >= 4 is 23.3 Å². The van der Waals surface area contributed by atoms with Gasteiger partial charge in [-0.3, -0.25) is 14.9 Å². The summed E-state index contributed by atoms with van der Waals surface area (Å²) in [4.78, 5) is 38.7. The number of hydrogen-bond acceptors (Lipinski definition) is 4. The van der Waals surface area contributed by atoms with Crippen molar-refractivity contribution in [3.63, 3.8) is 0 Å². The van der Waals surface area contributed by atoms with Crippen molar-refractivity contribution in [2.24, 2.45) is 0 Å². The molecule has 8 nitrogen and oxygen atoms in total. The van der Waals surface area contributed by atoms with E-state index in [4.69, 9.17) is 0 Å². The molecule has 140 valence electrons. The fourth-order valence-electron chi connectivity index (χ4n) is 3.07. The molecule has 0 aromatic heterocycles. The molecule has 0 bridgehead atoms. The van der Waals surface area contributed by atoms with Gasteiger partial charge in [0.05, 0.1) is 4.92 Å². The molecule has 0 saturated carbocycles. The minimum atomic E-state index is -0.489. The number of carbonyl (C=O) groups excluding carboxylic acids is 2. The third-order valence-electron chi connectivity index (χ3n) is 4.53. The average Bonchev–Trinajstić information content (AvgIpc) is 2.68. The van der Waals surface area contributed by atoms with Crippen LogP contribution in [0.25, 0.3) is 0 Å². The Labute approximate surface area is 156 Å². The predicted molar refractivity (Wildman–Crippen MR) is 101 cm³/mol. The molecule has 27 heavy (non-hydrogen) atoms. The molecule has 1 N–H and O–H groups in total. The summed E-state index contributed by atoms with van der Waals surface area (Å²) in [6.07, 6.45) is 0. The molecule has 2 aromatic carbocycles. The summed E-state index contributed by atoms with van der Waals surface area (Å²) >= 11 is 0. The highest BCUT2D eigenvalue weighted by Gasteiger charge is 2.30. The SMILES string of the molecule is CC1CN(C(=O)c2ccccc2)CCN1C(=O)Nc1ccc([N+](=O)[O-])cc1. The lowest BCUT2D eigenvalue weighted by molar-refractivity contribution is -0.384. The molecule has 8 heteroatoms. The fourth-order valence-corrected chi connectivity index (χ4v) is 3.07. The molecule has 0 radical (unpaired) electrons. The number of nitro benzene ring substituents is 1. The van der Waals surface area contributed by atoms with E-state index >= 15 is 0 Å². The van der Waals surface area contributed by atoms with Crippen molar-refractivity contribution in [1.29, 1.82) is 0 Å². The monoisotopic (exact) mass is 368 g/mol. The number of carbonyl (C=O) groups is 2. The van der Waals surface area contributed by atoms with E-state index in [-0.39, 0.29) is 23.7 Å². The van der Waals surface area contributed by atoms with Gasteiger partial charge in [0, 0.05) is 49.1 Å². The molecule has 1 unspecified atom stereocenters. The van der Waals surface area contributed by atoms with Crippen LogP contribution in [0.15, 0.2) is 54.6 Å². The second kappa shape index (κ2) is 7.86. The Morgan fingerprint density at radius 1 is 1.07 bits per heavy atom. The summed E-state index contributed by atoms with van der Waals surface area (Å²) in [5, 5.41) is 13.4. The minimum Gasteiger partial charge on any atom is -0.335 e. The van der Waals surface area contributed by atoms with E-state index in [1.54, 1.807) is 21.9 Å². The lowest BCUT2D eigenvalue weighted by Crippen LogP contribution is -2.56. The first-order chi connectivity index (χ1) is 13.0. The molecule has 3 amide bonds. The van der Waals surface area contributed by atoms with Crippen molar-refractivity contribution in [3.05, 3.63) is 70.3 Å². The molecule has 2 aromatic rings. The second-order valence-corrected chi connectivity index (χ2v) is 6.39. The van der Waals surface area contributed by atoms with Crippen LogP contribution < -0.4 is 5.32 Å². The van der Waals surface area contributed by atoms with Crippen LogP contribution in [0, 0.1) is 10.1 Å². The molecule has 1 atom stereocenters. The van der Waals surface area contributed by atoms with Crippen LogP contribution >= 0.6 is 0 Å². The molecule has 1 fully saturated rings. The predicted octanol–water partition coefficient (Wildman–Crippen LogP) is 2.97. The van der Waals surface area contributed by atoms with E-state index in [9.17, 15) is 19.7 Å².